The first-order valence-corrected chi connectivity index (χ1v) is 11.0. The molecule has 1 unspecified atom stereocenters. The van der Waals surface area contributed by atoms with Crippen molar-refractivity contribution in [1.29, 1.82) is 0 Å². The molecule has 2 aromatic heterocycles. The Kier molecular flexibility index (Phi) is 6.88. The summed E-state index contributed by atoms with van der Waals surface area (Å²) in [6.45, 7) is 11.0. The second kappa shape index (κ2) is 9.22. The van der Waals surface area contributed by atoms with Crippen LogP contribution in [0.1, 0.15) is 48.5 Å². The first-order chi connectivity index (χ1) is 14.2. The zero-order valence-corrected chi connectivity index (χ0v) is 19.1. The average Bonchev–Trinajstić information content (AvgIpc) is 3.42. The van der Waals surface area contributed by atoms with Gasteiger partial charge in [0.05, 0.1) is 16.6 Å². The van der Waals surface area contributed by atoms with Crippen LogP contribution >= 0.6 is 22.9 Å². The molecule has 0 radical (unpaired) electrons. The molecule has 1 fully saturated rings. The third-order valence-electron chi connectivity index (χ3n) is 4.82. The molecule has 0 spiro atoms. The second-order valence-corrected chi connectivity index (χ2v) is 10.1. The minimum atomic E-state index is -0.581. The van der Waals surface area contributed by atoms with E-state index in [1.54, 1.807) is 11.0 Å². The monoisotopic (exact) mass is 450 g/mol. The predicted molar refractivity (Wildman–Crippen MR) is 119 cm³/mol. The fourth-order valence-corrected chi connectivity index (χ4v) is 4.24. The van der Waals surface area contributed by atoms with Gasteiger partial charge in [0.25, 0.3) is 5.91 Å². The van der Waals surface area contributed by atoms with Crippen molar-refractivity contribution < 1.29 is 14.3 Å². The quantitative estimate of drug-likeness (QED) is 0.626. The Morgan fingerprint density at radius 2 is 2.20 bits per heavy atom. The Morgan fingerprint density at radius 3 is 2.83 bits per heavy atom. The smallest absolute Gasteiger partial charge is 0.410 e. The highest BCUT2D eigenvalue weighted by atomic mass is 35.5. The largest absolute Gasteiger partial charge is 0.445 e. The number of hydrogen-bond donors (Lipinski definition) is 1. The fourth-order valence-electron chi connectivity index (χ4n) is 3.21. The molecule has 2 aromatic rings. The van der Waals surface area contributed by atoms with Crippen molar-refractivity contribution >= 4 is 40.8 Å². The highest BCUT2D eigenvalue weighted by Crippen LogP contribution is 2.30. The van der Waals surface area contributed by atoms with E-state index in [0.29, 0.717) is 25.5 Å². The maximum atomic E-state index is 13.0. The van der Waals surface area contributed by atoms with Crippen LogP contribution in [-0.2, 0) is 11.3 Å². The van der Waals surface area contributed by atoms with Gasteiger partial charge in [-0.15, -0.1) is 11.3 Å². The summed E-state index contributed by atoms with van der Waals surface area (Å²) < 4.78 is 7.30. The number of thiophene rings is 1. The number of halogens is 1. The molecule has 3 rings (SSSR count). The molecule has 0 saturated carbocycles. The lowest BCUT2D eigenvalue weighted by Gasteiger charge is -2.18. The van der Waals surface area contributed by atoms with E-state index in [0.717, 1.165) is 21.3 Å². The van der Waals surface area contributed by atoms with E-state index in [1.165, 1.54) is 16.0 Å². The zero-order chi connectivity index (χ0) is 21.9. The van der Waals surface area contributed by atoms with Crippen molar-refractivity contribution in [2.24, 2.45) is 5.41 Å². The lowest BCUT2D eigenvalue weighted by molar-refractivity contribution is 0.0751. The second-order valence-electron chi connectivity index (χ2n) is 8.28. The number of rotatable bonds is 6. The highest BCUT2D eigenvalue weighted by Gasteiger charge is 2.32. The van der Waals surface area contributed by atoms with E-state index in [9.17, 15) is 9.59 Å². The number of carbonyl (C=O) groups excluding carboxylic acids is 2. The summed E-state index contributed by atoms with van der Waals surface area (Å²) in [6.07, 6.45) is 1.96. The molecule has 1 aliphatic heterocycles. The van der Waals surface area contributed by atoms with Crippen LogP contribution in [0.2, 0.25) is 4.34 Å². The van der Waals surface area contributed by atoms with Crippen molar-refractivity contribution in [2.75, 3.05) is 25.0 Å². The van der Waals surface area contributed by atoms with E-state index in [-0.39, 0.29) is 24.5 Å². The lowest BCUT2D eigenvalue weighted by atomic mass is 9.96. The number of carbonyl (C=O) groups is 2. The van der Waals surface area contributed by atoms with Crippen molar-refractivity contribution in [1.82, 2.24) is 14.7 Å². The van der Waals surface area contributed by atoms with Crippen LogP contribution in [0.25, 0.3) is 0 Å². The predicted octanol–water partition coefficient (Wildman–Crippen LogP) is 5.01. The van der Waals surface area contributed by atoms with E-state index < -0.39 is 5.41 Å². The number of amides is 1. The van der Waals surface area contributed by atoms with E-state index in [1.807, 2.05) is 39.0 Å². The topological polar surface area (TPSA) is 76.5 Å². The first-order valence-electron chi connectivity index (χ1n) is 9.84. The molecular weight excluding hydrogens is 424 g/mol. The minimum absolute atomic E-state index is 0.0482. The summed E-state index contributed by atoms with van der Waals surface area (Å²) >= 11 is 7.51. The molecule has 1 aliphatic rings. The molecule has 3 heterocycles. The fraction of sp³-hybridized carbons (Fsp3) is 0.476. The summed E-state index contributed by atoms with van der Waals surface area (Å²) in [4.78, 5) is 27.8. The van der Waals surface area contributed by atoms with Gasteiger partial charge in [-0.25, -0.2) is 4.79 Å². The van der Waals surface area contributed by atoms with Crippen molar-refractivity contribution in [2.45, 2.75) is 39.7 Å². The molecule has 1 N–H and O–H groups in total. The van der Waals surface area contributed by atoms with Crippen LogP contribution in [0, 0.1) is 5.41 Å². The molecule has 1 saturated heterocycles. The van der Waals surface area contributed by atoms with Gasteiger partial charge < -0.3 is 15.0 Å². The molecular formula is C21H27ClN4O3S. The van der Waals surface area contributed by atoms with Crippen molar-refractivity contribution in [3.8, 4) is 0 Å². The van der Waals surface area contributed by atoms with Crippen LogP contribution in [0.3, 0.4) is 0 Å². The van der Waals surface area contributed by atoms with Gasteiger partial charge in [-0.1, -0.05) is 45.0 Å². The summed E-state index contributed by atoms with van der Waals surface area (Å²) in [5, 5.41) is 7.94. The molecule has 0 aromatic carbocycles. The van der Waals surface area contributed by atoms with Crippen LogP contribution < -0.4 is 5.32 Å². The molecule has 0 aliphatic carbocycles. The van der Waals surface area contributed by atoms with Gasteiger partial charge in [-0.3, -0.25) is 4.79 Å². The molecule has 7 nitrogen and oxygen atoms in total. The van der Waals surface area contributed by atoms with Gasteiger partial charge in [0, 0.05) is 35.4 Å². The molecule has 1 amide bonds. The van der Waals surface area contributed by atoms with Gasteiger partial charge in [-0.05, 0) is 18.6 Å². The van der Waals surface area contributed by atoms with E-state index >= 15 is 0 Å². The van der Waals surface area contributed by atoms with Crippen LogP contribution in [-0.4, -0.2) is 46.4 Å². The third-order valence-corrected chi connectivity index (χ3v) is 6.06. The lowest BCUT2D eigenvalue weighted by Crippen LogP contribution is -2.29. The average molecular weight is 451 g/mol. The molecule has 162 valence electrons. The number of nitrogens with one attached hydrogen (secondary N) is 1. The van der Waals surface area contributed by atoms with Gasteiger partial charge in [0.1, 0.15) is 12.4 Å². The van der Waals surface area contributed by atoms with Gasteiger partial charge in [0.15, 0.2) is 0 Å². The number of anilines is 1. The molecule has 0 bridgehead atoms. The molecule has 9 heteroatoms. The maximum Gasteiger partial charge on any atom is 0.410 e. The number of ether oxygens (including phenoxy) is 1. The van der Waals surface area contributed by atoms with E-state index in [4.69, 9.17) is 16.3 Å². The van der Waals surface area contributed by atoms with Crippen molar-refractivity contribution in [3.63, 3.8) is 0 Å². The maximum absolute atomic E-state index is 13.0. The first kappa shape index (κ1) is 22.4. The Balaban J connectivity index is 1.78. The Morgan fingerprint density at radius 1 is 1.43 bits per heavy atom. The Bertz CT molecular complexity index is 931. The summed E-state index contributed by atoms with van der Waals surface area (Å²) in [5.41, 5.74) is 0.209. The number of hydrogen-bond acceptors (Lipinski definition) is 6. The number of aromatic nitrogens is 2. The SMILES string of the molecule is C=CCOC(=O)N1CCC(c2cc(NCc3ccc(Cl)s3)n(C(=O)C(C)(C)C)n2)C1. The third kappa shape index (κ3) is 5.23. The van der Waals surface area contributed by atoms with E-state index in [2.05, 4.69) is 17.0 Å². The highest BCUT2D eigenvalue weighted by molar-refractivity contribution is 7.16. The van der Waals surface area contributed by atoms with Crippen LogP contribution in [0.5, 0.6) is 0 Å². The van der Waals surface area contributed by atoms with Gasteiger partial charge in [-0.2, -0.15) is 9.78 Å². The Hall–Kier alpha value is -2.32. The van der Waals surface area contributed by atoms with Crippen LogP contribution in [0.15, 0.2) is 30.9 Å². The molecule has 30 heavy (non-hydrogen) atoms. The zero-order valence-electron chi connectivity index (χ0n) is 17.5. The summed E-state index contributed by atoms with van der Waals surface area (Å²) in [5.74, 6) is 0.592. The Labute approximate surface area is 185 Å². The van der Waals surface area contributed by atoms with Crippen LogP contribution in [0.4, 0.5) is 10.6 Å². The van der Waals surface area contributed by atoms with Crippen molar-refractivity contribution in [3.05, 3.63) is 45.8 Å². The standard InChI is InChI=1S/C21H27ClN4O3S/c1-5-10-29-20(28)25-9-8-14(13-25)16-11-18(23-12-15-6-7-17(22)30-15)26(24-16)19(27)21(2,3)4/h5-7,11,14,23H,1,8-10,12-13H2,2-4H3. The number of likely N-dealkylation sites (tertiary alicyclic amines) is 1. The normalized spacial score (nSPS) is 16.5. The summed E-state index contributed by atoms with van der Waals surface area (Å²) in [6, 6.07) is 5.71. The minimum Gasteiger partial charge on any atom is -0.445 e. The van der Waals surface area contributed by atoms with Gasteiger partial charge >= 0.3 is 6.09 Å². The van der Waals surface area contributed by atoms with Gasteiger partial charge in [0.2, 0.25) is 0 Å². The molecule has 1 atom stereocenters. The summed E-state index contributed by atoms with van der Waals surface area (Å²) in [7, 11) is 0. The number of nitrogens with zero attached hydrogens (tertiary/aromatic N) is 3.